The van der Waals surface area contributed by atoms with E-state index in [2.05, 4.69) is 5.32 Å². The van der Waals surface area contributed by atoms with Crippen LogP contribution in [-0.2, 0) is 11.0 Å². The number of aryl methyl sites for hydroxylation is 1. The van der Waals surface area contributed by atoms with Crippen LogP contribution >= 0.6 is 0 Å². The summed E-state index contributed by atoms with van der Waals surface area (Å²) in [5.41, 5.74) is -0.647. The highest BCUT2D eigenvalue weighted by Gasteiger charge is 2.36. The van der Waals surface area contributed by atoms with Crippen molar-refractivity contribution in [3.05, 3.63) is 29.3 Å². The van der Waals surface area contributed by atoms with E-state index in [1.54, 1.807) is 14.1 Å². The molecule has 1 heterocycles. The van der Waals surface area contributed by atoms with E-state index in [1.807, 2.05) is 0 Å². The van der Waals surface area contributed by atoms with Gasteiger partial charge in [-0.15, -0.1) is 0 Å². The van der Waals surface area contributed by atoms with Gasteiger partial charge in [0.05, 0.1) is 5.56 Å². The first-order chi connectivity index (χ1) is 11.1. The first-order valence-corrected chi connectivity index (χ1v) is 7.58. The molecule has 1 aliphatic heterocycles. The molecule has 1 aromatic rings. The molecule has 1 saturated heterocycles. The highest BCUT2D eigenvalue weighted by molar-refractivity contribution is 5.94. The Labute approximate surface area is 138 Å². The number of nitrogens with zero attached hydrogens (tertiary/aromatic N) is 2. The van der Waals surface area contributed by atoms with E-state index in [0.717, 1.165) is 6.07 Å². The summed E-state index contributed by atoms with van der Waals surface area (Å²) in [5.74, 6) is -0.192. The lowest BCUT2D eigenvalue weighted by Gasteiger charge is -2.26. The molecule has 5 nitrogen and oxygen atoms in total. The molecule has 0 spiro atoms. The molecule has 1 atom stereocenters. The van der Waals surface area contributed by atoms with Crippen LogP contribution < -0.4 is 5.32 Å². The predicted molar refractivity (Wildman–Crippen MR) is 83.6 cm³/mol. The number of amides is 3. The van der Waals surface area contributed by atoms with Crippen LogP contribution in [0.3, 0.4) is 0 Å². The minimum absolute atomic E-state index is 0.0564. The fourth-order valence-corrected chi connectivity index (χ4v) is 2.77. The van der Waals surface area contributed by atoms with Crippen molar-refractivity contribution in [3.63, 3.8) is 0 Å². The number of alkyl halides is 3. The Balaban J connectivity index is 2.16. The van der Waals surface area contributed by atoms with Crippen molar-refractivity contribution in [1.82, 2.24) is 9.80 Å². The lowest BCUT2D eigenvalue weighted by atomic mass is 10.1. The molecule has 0 saturated carbocycles. The van der Waals surface area contributed by atoms with Crippen molar-refractivity contribution in [2.45, 2.75) is 32.0 Å². The maximum atomic E-state index is 13.0. The molecule has 1 fully saturated rings. The largest absolute Gasteiger partial charge is 0.416 e. The van der Waals surface area contributed by atoms with Gasteiger partial charge in [-0.05, 0) is 37.5 Å². The zero-order valence-electron chi connectivity index (χ0n) is 13.8. The highest BCUT2D eigenvalue weighted by Crippen LogP contribution is 2.33. The molecule has 8 heteroatoms. The van der Waals surface area contributed by atoms with Crippen LogP contribution in [0.25, 0.3) is 0 Å². The van der Waals surface area contributed by atoms with Crippen molar-refractivity contribution < 1.29 is 22.8 Å². The van der Waals surface area contributed by atoms with Crippen LogP contribution in [0.5, 0.6) is 0 Å². The average molecular weight is 343 g/mol. The van der Waals surface area contributed by atoms with Gasteiger partial charge in [0.2, 0.25) is 5.91 Å². The molecule has 3 amide bonds. The number of rotatable bonds is 2. The van der Waals surface area contributed by atoms with E-state index in [9.17, 15) is 22.8 Å². The second kappa shape index (κ2) is 6.70. The van der Waals surface area contributed by atoms with Gasteiger partial charge < -0.3 is 15.1 Å². The Bertz CT molecular complexity index is 644. The first kappa shape index (κ1) is 18.1. The first-order valence-electron chi connectivity index (χ1n) is 7.58. The number of hydrogen-bond acceptors (Lipinski definition) is 2. The van der Waals surface area contributed by atoms with E-state index in [-0.39, 0.29) is 17.2 Å². The van der Waals surface area contributed by atoms with Gasteiger partial charge in [0.1, 0.15) is 6.04 Å². The number of nitrogens with one attached hydrogen (secondary N) is 1. The summed E-state index contributed by atoms with van der Waals surface area (Å²) < 4.78 is 38.9. The van der Waals surface area contributed by atoms with E-state index in [0.29, 0.717) is 19.4 Å². The van der Waals surface area contributed by atoms with Crippen LogP contribution in [0.4, 0.5) is 23.7 Å². The maximum absolute atomic E-state index is 13.0. The Hall–Kier alpha value is -2.25. The molecule has 2 rings (SSSR count). The van der Waals surface area contributed by atoms with E-state index in [1.165, 1.54) is 28.9 Å². The SMILES string of the molecule is Cc1ccc(NC(=O)N2CCCC2C(=O)N(C)C)cc1C(F)(F)F. The van der Waals surface area contributed by atoms with Gasteiger partial charge in [-0.25, -0.2) is 4.79 Å². The number of anilines is 1. The summed E-state index contributed by atoms with van der Waals surface area (Å²) in [7, 11) is 3.21. The van der Waals surface area contributed by atoms with Crippen molar-refractivity contribution >= 4 is 17.6 Å². The molecule has 1 unspecified atom stereocenters. The second-order valence-electron chi connectivity index (χ2n) is 6.04. The lowest BCUT2D eigenvalue weighted by Crippen LogP contribution is -2.47. The summed E-state index contributed by atoms with van der Waals surface area (Å²) in [6.45, 7) is 1.76. The van der Waals surface area contributed by atoms with Crippen LogP contribution in [-0.4, -0.2) is 48.4 Å². The van der Waals surface area contributed by atoms with Crippen molar-refractivity contribution in [2.75, 3.05) is 26.0 Å². The van der Waals surface area contributed by atoms with Crippen LogP contribution in [0.1, 0.15) is 24.0 Å². The lowest BCUT2D eigenvalue weighted by molar-refractivity contribution is -0.138. The normalized spacial score (nSPS) is 17.8. The van der Waals surface area contributed by atoms with E-state index >= 15 is 0 Å². The summed E-state index contributed by atoms with van der Waals surface area (Å²) in [6.07, 6.45) is -3.26. The average Bonchev–Trinajstić information content (AvgIpc) is 2.96. The summed E-state index contributed by atoms with van der Waals surface area (Å²) in [6, 6.07) is 2.50. The molecule has 0 bridgehead atoms. The maximum Gasteiger partial charge on any atom is 0.416 e. The topological polar surface area (TPSA) is 52.7 Å². The molecule has 132 valence electrons. The minimum atomic E-state index is -4.48. The van der Waals surface area contributed by atoms with Crippen LogP contribution in [0, 0.1) is 6.92 Å². The van der Waals surface area contributed by atoms with E-state index < -0.39 is 23.8 Å². The van der Waals surface area contributed by atoms with Gasteiger partial charge in [0.15, 0.2) is 0 Å². The van der Waals surface area contributed by atoms with Gasteiger partial charge in [0, 0.05) is 26.3 Å². The Kier molecular flexibility index (Phi) is 5.05. The smallest absolute Gasteiger partial charge is 0.347 e. The summed E-state index contributed by atoms with van der Waals surface area (Å²) in [4.78, 5) is 27.2. The van der Waals surface area contributed by atoms with Gasteiger partial charge in [-0.2, -0.15) is 13.2 Å². The van der Waals surface area contributed by atoms with Crippen molar-refractivity contribution in [2.24, 2.45) is 0 Å². The minimum Gasteiger partial charge on any atom is -0.347 e. The molecule has 1 aromatic carbocycles. The number of likely N-dealkylation sites (tertiary alicyclic amines) is 1. The number of likely N-dealkylation sites (N-methyl/N-ethyl adjacent to an activating group) is 1. The second-order valence-corrected chi connectivity index (χ2v) is 6.04. The number of carbonyl (C=O) groups is 2. The molecule has 0 aromatic heterocycles. The summed E-state index contributed by atoms with van der Waals surface area (Å²) in [5, 5.41) is 2.46. The van der Waals surface area contributed by atoms with Crippen molar-refractivity contribution in [1.29, 1.82) is 0 Å². The Morgan fingerprint density at radius 3 is 2.54 bits per heavy atom. The third-order valence-corrected chi connectivity index (χ3v) is 4.03. The summed E-state index contributed by atoms with van der Waals surface area (Å²) >= 11 is 0. The number of carbonyl (C=O) groups excluding carboxylic acids is 2. The van der Waals surface area contributed by atoms with Crippen molar-refractivity contribution in [3.8, 4) is 0 Å². The molecule has 1 N–H and O–H groups in total. The van der Waals surface area contributed by atoms with Gasteiger partial charge >= 0.3 is 12.2 Å². The van der Waals surface area contributed by atoms with Gasteiger partial charge in [-0.3, -0.25) is 4.79 Å². The zero-order valence-corrected chi connectivity index (χ0v) is 13.8. The zero-order chi connectivity index (χ0) is 18.1. The van der Waals surface area contributed by atoms with Gasteiger partial charge in [-0.1, -0.05) is 6.07 Å². The van der Waals surface area contributed by atoms with Crippen LogP contribution in [0.2, 0.25) is 0 Å². The molecular formula is C16H20F3N3O2. The predicted octanol–water partition coefficient (Wildman–Crippen LogP) is 3.10. The number of benzene rings is 1. The van der Waals surface area contributed by atoms with Crippen LogP contribution in [0.15, 0.2) is 18.2 Å². The number of urea groups is 1. The quantitative estimate of drug-likeness (QED) is 0.897. The third-order valence-electron chi connectivity index (χ3n) is 4.03. The van der Waals surface area contributed by atoms with E-state index in [4.69, 9.17) is 0 Å². The number of halogens is 3. The third kappa shape index (κ3) is 3.80. The fourth-order valence-electron chi connectivity index (χ4n) is 2.77. The number of hydrogen-bond donors (Lipinski definition) is 1. The fraction of sp³-hybridized carbons (Fsp3) is 0.500. The van der Waals surface area contributed by atoms with Gasteiger partial charge in [0.25, 0.3) is 0 Å². The Morgan fingerprint density at radius 2 is 1.96 bits per heavy atom. The standard InChI is InChI=1S/C16H20F3N3O2/c1-10-6-7-11(9-12(10)16(17,18)19)20-15(24)22-8-4-5-13(22)14(23)21(2)3/h6-7,9,13H,4-5,8H2,1-3H3,(H,20,24). The molecular weight excluding hydrogens is 323 g/mol. The molecule has 24 heavy (non-hydrogen) atoms. The monoisotopic (exact) mass is 343 g/mol. The Morgan fingerprint density at radius 1 is 1.29 bits per heavy atom. The highest BCUT2D eigenvalue weighted by atomic mass is 19.4. The molecule has 0 aliphatic carbocycles. The molecule has 1 aliphatic rings. The molecule has 0 radical (unpaired) electrons.